The first kappa shape index (κ1) is 10.6. The molecular formula is C6H5Cl2NO3S. The molecule has 1 aromatic carbocycles. The minimum atomic E-state index is -4.46. The Labute approximate surface area is 85.7 Å². The molecule has 0 aromatic heterocycles. The lowest BCUT2D eigenvalue weighted by Gasteiger charge is -2.12. The highest BCUT2D eigenvalue weighted by Gasteiger charge is 2.19. The predicted octanol–water partition coefficient (Wildman–Crippen LogP) is 2.10. The summed E-state index contributed by atoms with van der Waals surface area (Å²) in [4.78, 5) is 0. The van der Waals surface area contributed by atoms with Crippen LogP contribution in [0.1, 0.15) is 0 Å². The van der Waals surface area contributed by atoms with Crippen LogP contribution in [0.3, 0.4) is 0 Å². The average molecular weight is 242 g/mol. The summed E-state index contributed by atoms with van der Waals surface area (Å²) in [5, 5.41) is 0.134. The van der Waals surface area contributed by atoms with Crippen LogP contribution in [0.25, 0.3) is 0 Å². The third-order valence-corrected chi connectivity index (χ3v) is 2.87. The topological polar surface area (TPSA) is 57.6 Å². The van der Waals surface area contributed by atoms with Crippen LogP contribution in [0.2, 0.25) is 5.02 Å². The van der Waals surface area contributed by atoms with Crippen LogP contribution in [-0.2, 0) is 10.3 Å². The van der Waals surface area contributed by atoms with Crippen LogP contribution in [0.4, 0.5) is 5.69 Å². The molecule has 0 heterocycles. The second-order valence-electron chi connectivity index (χ2n) is 2.14. The first-order valence-corrected chi connectivity index (χ1v) is 5.22. The Hall–Kier alpha value is -0.490. The van der Waals surface area contributed by atoms with E-state index in [1.165, 1.54) is 12.1 Å². The Bertz CT molecular complexity index is 406. The van der Waals surface area contributed by atoms with E-state index in [2.05, 4.69) is 0 Å². The Balaban J connectivity index is 3.17. The summed E-state index contributed by atoms with van der Waals surface area (Å²) in [7, 11) is -4.46. The van der Waals surface area contributed by atoms with Gasteiger partial charge in [0.15, 0.2) is 0 Å². The summed E-state index contributed by atoms with van der Waals surface area (Å²) < 4.78 is 29.9. The number of para-hydroxylation sites is 1. The lowest BCUT2D eigenvalue weighted by atomic mass is 10.3. The SMILES string of the molecule is O=S(=O)(O)N(Cl)c1ccccc1Cl. The van der Waals surface area contributed by atoms with Crippen molar-refractivity contribution < 1.29 is 13.0 Å². The maximum Gasteiger partial charge on any atom is 0.374 e. The lowest BCUT2D eigenvalue weighted by molar-refractivity contribution is 0.485. The van der Waals surface area contributed by atoms with Gasteiger partial charge in [-0.15, -0.1) is 0 Å². The van der Waals surface area contributed by atoms with Crippen molar-refractivity contribution in [2.24, 2.45) is 0 Å². The molecule has 72 valence electrons. The number of halogens is 2. The fourth-order valence-electron chi connectivity index (χ4n) is 0.719. The monoisotopic (exact) mass is 241 g/mol. The van der Waals surface area contributed by atoms with Crippen LogP contribution >= 0.6 is 23.4 Å². The molecule has 0 amide bonds. The third kappa shape index (κ3) is 2.47. The van der Waals surface area contributed by atoms with Crippen LogP contribution < -0.4 is 3.82 Å². The maximum atomic E-state index is 10.6. The molecule has 0 saturated heterocycles. The lowest BCUT2D eigenvalue weighted by Crippen LogP contribution is -2.19. The number of rotatable bonds is 2. The average Bonchev–Trinajstić information content (AvgIpc) is 2.02. The Morgan fingerprint density at radius 1 is 1.31 bits per heavy atom. The van der Waals surface area contributed by atoms with Crippen LogP contribution in [-0.4, -0.2) is 13.0 Å². The molecule has 0 bridgehead atoms. The molecule has 1 aromatic rings. The quantitative estimate of drug-likeness (QED) is 0.638. The van der Waals surface area contributed by atoms with Crippen molar-refractivity contribution in [3.8, 4) is 0 Å². The standard InChI is InChI=1S/C6H5Cl2NO3S/c7-5-3-1-2-4-6(5)9(8)13(10,11)12/h1-4H,(H,10,11,12). The van der Waals surface area contributed by atoms with Gasteiger partial charge in [-0.3, -0.25) is 4.55 Å². The van der Waals surface area contributed by atoms with Gasteiger partial charge in [0.1, 0.15) is 0 Å². The van der Waals surface area contributed by atoms with E-state index in [0.29, 0.717) is 0 Å². The Kier molecular flexibility index (Phi) is 3.02. The van der Waals surface area contributed by atoms with Crippen molar-refractivity contribution in [2.75, 3.05) is 3.82 Å². The number of hydrogen-bond acceptors (Lipinski definition) is 2. The molecule has 1 N–H and O–H groups in total. The van der Waals surface area contributed by atoms with Gasteiger partial charge in [0.25, 0.3) is 0 Å². The smallest absolute Gasteiger partial charge is 0.268 e. The van der Waals surface area contributed by atoms with Gasteiger partial charge in [0.2, 0.25) is 0 Å². The van der Waals surface area contributed by atoms with E-state index < -0.39 is 10.3 Å². The highest BCUT2D eigenvalue weighted by molar-refractivity contribution is 7.88. The number of nitrogens with zero attached hydrogens (tertiary/aromatic N) is 1. The first-order valence-electron chi connectivity index (χ1n) is 3.11. The molecular weight excluding hydrogens is 237 g/mol. The molecule has 0 aliphatic heterocycles. The van der Waals surface area contributed by atoms with Gasteiger partial charge in [0.05, 0.1) is 10.7 Å². The molecule has 0 fully saturated rings. The van der Waals surface area contributed by atoms with E-state index in [1.54, 1.807) is 12.1 Å². The van der Waals surface area contributed by atoms with Crippen molar-refractivity contribution in [1.82, 2.24) is 0 Å². The van der Waals surface area contributed by atoms with Crippen molar-refractivity contribution >= 4 is 39.4 Å². The van der Waals surface area contributed by atoms with Gasteiger partial charge in [-0.05, 0) is 12.1 Å². The Morgan fingerprint density at radius 3 is 2.31 bits per heavy atom. The van der Waals surface area contributed by atoms with Gasteiger partial charge < -0.3 is 0 Å². The molecule has 0 saturated carbocycles. The summed E-state index contributed by atoms with van der Waals surface area (Å²) in [5.41, 5.74) is 0.00772. The maximum absolute atomic E-state index is 10.6. The van der Waals surface area contributed by atoms with Crippen molar-refractivity contribution in [3.63, 3.8) is 0 Å². The third-order valence-electron chi connectivity index (χ3n) is 1.24. The molecule has 0 unspecified atom stereocenters. The van der Waals surface area contributed by atoms with Crippen LogP contribution in [0, 0.1) is 0 Å². The van der Waals surface area contributed by atoms with E-state index in [-0.39, 0.29) is 14.5 Å². The van der Waals surface area contributed by atoms with Crippen LogP contribution in [0.5, 0.6) is 0 Å². The van der Waals surface area contributed by atoms with Crippen molar-refractivity contribution in [3.05, 3.63) is 29.3 Å². The van der Waals surface area contributed by atoms with Crippen molar-refractivity contribution in [2.45, 2.75) is 0 Å². The zero-order chi connectivity index (χ0) is 10.1. The zero-order valence-corrected chi connectivity index (χ0v) is 8.51. The molecule has 0 spiro atoms. The summed E-state index contributed by atoms with van der Waals surface area (Å²) in [6.45, 7) is 0. The zero-order valence-electron chi connectivity index (χ0n) is 6.18. The number of hydrogen-bond donors (Lipinski definition) is 1. The molecule has 0 aliphatic carbocycles. The van der Waals surface area contributed by atoms with Crippen molar-refractivity contribution in [1.29, 1.82) is 0 Å². The Morgan fingerprint density at radius 2 is 1.85 bits per heavy atom. The predicted molar refractivity (Wildman–Crippen MR) is 51.3 cm³/mol. The molecule has 1 rings (SSSR count). The van der Waals surface area contributed by atoms with Gasteiger partial charge in [0, 0.05) is 11.8 Å². The molecule has 0 atom stereocenters. The van der Waals surface area contributed by atoms with Gasteiger partial charge in [-0.2, -0.15) is 12.2 Å². The van der Waals surface area contributed by atoms with E-state index in [0.717, 1.165) is 0 Å². The van der Waals surface area contributed by atoms with E-state index in [4.69, 9.17) is 27.9 Å². The molecule has 4 nitrogen and oxygen atoms in total. The summed E-state index contributed by atoms with van der Waals surface area (Å²) in [6.07, 6.45) is 0. The molecule has 7 heteroatoms. The number of benzene rings is 1. The number of anilines is 1. The molecule has 0 radical (unpaired) electrons. The molecule has 13 heavy (non-hydrogen) atoms. The second kappa shape index (κ2) is 3.71. The normalized spacial score (nSPS) is 11.3. The van der Waals surface area contributed by atoms with Gasteiger partial charge in [-0.25, -0.2) is 0 Å². The summed E-state index contributed by atoms with van der Waals surface area (Å²) in [5.74, 6) is 0. The van der Waals surface area contributed by atoms with E-state index in [9.17, 15) is 8.42 Å². The highest BCUT2D eigenvalue weighted by atomic mass is 35.5. The second-order valence-corrected chi connectivity index (χ2v) is 4.35. The summed E-state index contributed by atoms with van der Waals surface area (Å²) in [6, 6.07) is 5.98. The van der Waals surface area contributed by atoms with Crippen LogP contribution in [0.15, 0.2) is 24.3 Å². The van der Waals surface area contributed by atoms with Gasteiger partial charge >= 0.3 is 10.3 Å². The fourth-order valence-corrected chi connectivity index (χ4v) is 1.59. The largest absolute Gasteiger partial charge is 0.374 e. The van der Waals surface area contributed by atoms with E-state index >= 15 is 0 Å². The van der Waals surface area contributed by atoms with Gasteiger partial charge in [-0.1, -0.05) is 23.7 Å². The summed E-state index contributed by atoms with van der Waals surface area (Å²) >= 11 is 10.9. The van der Waals surface area contributed by atoms with E-state index in [1.807, 2.05) is 0 Å². The minimum Gasteiger partial charge on any atom is -0.268 e. The highest BCUT2D eigenvalue weighted by Crippen LogP contribution is 2.28. The fraction of sp³-hybridized carbons (Fsp3) is 0. The molecule has 0 aliphatic rings. The first-order chi connectivity index (χ1) is 5.93. The minimum absolute atomic E-state index is 0.00772.